The first-order valence-corrected chi connectivity index (χ1v) is 6.65. The normalized spacial score (nSPS) is 27.0. The Morgan fingerprint density at radius 3 is 2.47 bits per heavy atom. The lowest BCUT2D eigenvalue weighted by molar-refractivity contribution is 0.0675. The number of aromatic carboxylic acids is 1. The fraction of sp³-hybridized carbons (Fsp3) is 0.533. The van der Waals surface area contributed by atoms with Gasteiger partial charge < -0.3 is 9.84 Å². The zero-order valence-corrected chi connectivity index (χ0v) is 11.2. The molecular weight excluding hydrogens is 247 g/mol. The molecule has 0 aliphatic heterocycles. The number of carboxylic acid groups (broad SMARTS) is 1. The zero-order chi connectivity index (χ0) is 14.0. The van der Waals surface area contributed by atoms with Gasteiger partial charge in [0.2, 0.25) is 0 Å². The summed E-state index contributed by atoms with van der Waals surface area (Å²) < 4.78 is 19.0. The van der Waals surface area contributed by atoms with E-state index in [0.717, 1.165) is 31.4 Å². The quantitative estimate of drug-likeness (QED) is 0.906. The highest BCUT2D eigenvalue weighted by atomic mass is 19.1. The monoisotopic (exact) mass is 266 g/mol. The van der Waals surface area contributed by atoms with Crippen molar-refractivity contribution in [1.82, 2.24) is 0 Å². The molecule has 2 unspecified atom stereocenters. The molecule has 0 amide bonds. The predicted octanol–water partition coefficient (Wildman–Crippen LogP) is 3.73. The fourth-order valence-corrected chi connectivity index (χ4v) is 2.92. The molecule has 2 rings (SSSR count). The van der Waals surface area contributed by atoms with Gasteiger partial charge >= 0.3 is 5.97 Å². The third-order valence-corrected chi connectivity index (χ3v) is 3.60. The number of rotatable bonds is 3. The first-order chi connectivity index (χ1) is 8.95. The van der Waals surface area contributed by atoms with Crippen LogP contribution in [0.5, 0.6) is 5.75 Å². The van der Waals surface area contributed by atoms with Crippen LogP contribution in [0.1, 0.15) is 43.5 Å². The molecule has 1 aliphatic carbocycles. The summed E-state index contributed by atoms with van der Waals surface area (Å²) in [5.41, 5.74) is 0.0206. The number of carboxylic acids is 1. The van der Waals surface area contributed by atoms with Crippen LogP contribution in [-0.2, 0) is 0 Å². The molecular formula is C15H19FO3. The van der Waals surface area contributed by atoms with Crippen LogP contribution in [-0.4, -0.2) is 17.2 Å². The Morgan fingerprint density at radius 2 is 1.89 bits per heavy atom. The first-order valence-electron chi connectivity index (χ1n) is 6.65. The molecule has 0 spiro atoms. The zero-order valence-electron chi connectivity index (χ0n) is 11.2. The lowest BCUT2D eigenvalue weighted by Gasteiger charge is -2.32. The maximum atomic E-state index is 13.2. The Hall–Kier alpha value is -1.58. The van der Waals surface area contributed by atoms with E-state index in [4.69, 9.17) is 9.84 Å². The molecule has 1 N–H and O–H groups in total. The van der Waals surface area contributed by atoms with Gasteiger partial charge in [0.15, 0.2) is 0 Å². The van der Waals surface area contributed by atoms with E-state index in [9.17, 15) is 9.18 Å². The van der Waals surface area contributed by atoms with E-state index in [1.54, 1.807) is 0 Å². The second-order valence-electron chi connectivity index (χ2n) is 5.60. The van der Waals surface area contributed by atoms with E-state index >= 15 is 0 Å². The minimum absolute atomic E-state index is 0.0206. The van der Waals surface area contributed by atoms with Crippen molar-refractivity contribution in [3.05, 3.63) is 29.6 Å². The van der Waals surface area contributed by atoms with Gasteiger partial charge in [-0.15, -0.1) is 0 Å². The average Bonchev–Trinajstić information content (AvgIpc) is 2.26. The van der Waals surface area contributed by atoms with E-state index in [1.807, 2.05) is 0 Å². The standard InChI is InChI=1S/C15H19FO3/c1-9-5-10(2)7-12(6-9)19-14-8-11(16)3-4-13(14)15(17)18/h3-4,8-10,12H,5-7H2,1-2H3,(H,17,18). The highest BCUT2D eigenvalue weighted by Gasteiger charge is 2.26. The van der Waals surface area contributed by atoms with Gasteiger partial charge in [-0.05, 0) is 43.2 Å². The van der Waals surface area contributed by atoms with E-state index in [2.05, 4.69) is 13.8 Å². The van der Waals surface area contributed by atoms with Gasteiger partial charge in [0.05, 0.1) is 6.10 Å². The van der Waals surface area contributed by atoms with Crippen LogP contribution in [0.3, 0.4) is 0 Å². The summed E-state index contributed by atoms with van der Waals surface area (Å²) in [6.45, 7) is 4.32. The Labute approximate surface area is 112 Å². The molecule has 3 nitrogen and oxygen atoms in total. The van der Waals surface area contributed by atoms with Gasteiger partial charge in [-0.2, -0.15) is 0 Å². The van der Waals surface area contributed by atoms with Crippen molar-refractivity contribution >= 4 is 5.97 Å². The van der Waals surface area contributed by atoms with Crippen molar-refractivity contribution in [2.75, 3.05) is 0 Å². The van der Waals surface area contributed by atoms with Crippen molar-refractivity contribution in [3.8, 4) is 5.75 Å². The molecule has 2 atom stereocenters. The van der Waals surface area contributed by atoms with Crippen LogP contribution in [0.4, 0.5) is 4.39 Å². The lowest BCUT2D eigenvalue weighted by Crippen LogP contribution is -2.29. The molecule has 4 heteroatoms. The highest BCUT2D eigenvalue weighted by Crippen LogP contribution is 2.32. The summed E-state index contributed by atoms with van der Waals surface area (Å²) in [4.78, 5) is 11.1. The van der Waals surface area contributed by atoms with Crippen LogP contribution >= 0.6 is 0 Å². The fourth-order valence-electron chi connectivity index (χ4n) is 2.92. The smallest absolute Gasteiger partial charge is 0.339 e. The molecule has 0 aromatic heterocycles. The second-order valence-corrected chi connectivity index (χ2v) is 5.60. The summed E-state index contributed by atoms with van der Waals surface area (Å²) in [6.07, 6.45) is 2.91. The van der Waals surface area contributed by atoms with Crippen molar-refractivity contribution in [1.29, 1.82) is 0 Å². The summed E-state index contributed by atoms with van der Waals surface area (Å²) >= 11 is 0. The largest absolute Gasteiger partial charge is 0.489 e. The van der Waals surface area contributed by atoms with E-state index in [-0.39, 0.29) is 17.4 Å². The Bertz CT molecular complexity index is 462. The topological polar surface area (TPSA) is 46.5 Å². The Kier molecular flexibility index (Phi) is 4.08. The molecule has 0 heterocycles. The van der Waals surface area contributed by atoms with Crippen molar-refractivity contribution in [2.45, 2.75) is 39.2 Å². The average molecular weight is 266 g/mol. The molecule has 0 bridgehead atoms. The molecule has 1 aromatic carbocycles. The minimum Gasteiger partial charge on any atom is -0.489 e. The first kappa shape index (κ1) is 13.8. The third kappa shape index (κ3) is 3.46. The summed E-state index contributed by atoms with van der Waals surface area (Å²) in [5.74, 6) is -0.325. The van der Waals surface area contributed by atoms with Crippen LogP contribution in [0, 0.1) is 17.7 Å². The third-order valence-electron chi connectivity index (χ3n) is 3.60. The van der Waals surface area contributed by atoms with Gasteiger partial charge in [0, 0.05) is 6.07 Å². The Balaban J connectivity index is 2.18. The lowest BCUT2D eigenvalue weighted by atomic mass is 9.82. The minimum atomic E-state index is -1.09. The maximum Gasteiger partial charge on any atom is 0.339 e. The maximum absolute atomic E-state index is 13.2. The van der Waals surface area contributed by atoms with Gasteiger partial charge in [-0.25, -0.2) is 9.18 Å². The molecule has 1 aliphatic rings. The number of hydrogen-bond donors (Lipinski definition) is 1. The number of halogens is 1. The molecule has 1 aromatic rings. The van der Waals surface area contributed by atoms with E-state index in [1.165, 1.54) is 6.07 Å². The molecule has 1 fully saturated rings. The van der Waals surface area contributed by atoms with E-state index < -0.39 is 11.8 Å². The number of hydrogen-bond acceptors (Lipinski definition) is 2. The van der Waals surface area contributed by atoms with Gasteiger partial charge in [-0.1, -0.05) is 13.8 Å². The SMILES string of the molecule is CC1CC(C)CC(Oc2cc(F)ccc2C(=O)O)C1. The van der Waals surface area contributed by atoms with Gasteiger partial charge in [-0.3, -0.25) is 0 Å². The highest BCUT2D eigenvalue weighted by molar-refractivity contribution is 5.90. The second kappa shape index (κ2) is 5.59. The molecule has 1 saturated carbocycles. The van der Waals surface area contributed by atoms with Crippen molar-refractivity contribution in [3.63, 3.8) is 0 Å². The Morgan fingerprint density at radius 1 is 1.26 bits per heavy atom. The number of ether oxygens (including phenoxy) is 1. The predicted molar refractivity (Wildman–Crippen MR) is 70.0 cm³/mol. The van der Waals surface area contributed by atoms with Crippen LogP contribution in [0.15, 0.2) is 18.2 Å². The molecule has 0 radical (unpaired) electrons. The van der Waals surface area contributed by atoms with Gasteiger partial charge in [0.25, 0.3) is 0 Å². The molecule has 19 heavy (non-hydrogen) atoms. The van der Waals surface area contributed by atoms with Gasteiger partial charge in [0.1, 0.15) is 17.1 Å². The molecule has 104 valence electrons. The van der Waals surface area contributed by atoms with Crippen LogP contribution in [0.25, 0.3) is 0 Å². The van der Waals surface area contributed by atoms with Crippen molar-refractivity contribution < 1.29 is 19.0 Å². The summed E-state index contributed by atoms with van der Waals surface area (Å²) in [5, 5.41) is 9.09. The van der Waals surface area contributed by atoms with Crippen LogP contribution in [0.2, 0.25) is 0 Å². The summed E-state index contributed by atoms with van der Waals surface area (Å²) in [6, 6.07) is 3.55. The molecule has 0 saturated heterocycles. The number of carbonyl (C=O) groups is 1. The van der Waals surface area contributed by atoms with Crippen molar-refractivity contribution in [2.24, 2.45) is 11.8 Å². The van der Waals surface area contributed by atoms with Crippen LogP contribution < -0.4 is 4.74 Å². The van der Waals surface area contributed by atoms with E-state index in [0.29, 0.717) is 11.8 Å². The number of benzene rings is 1. The summed E-state index contributed by atoms with van der Waals surface area (Å²) in [7, 11) is 0.